The van der Waals surface area contributed by atoms with Crippen molar-refractivity contribution < 1.29 is 4.92 Å². The first kappa shape index (κ1) is 27.6. The molecule has 0 saturated carbocycles. The third-order valence-corrected chi connectivity index (χ3v) is 7.98. The van der Waals surface area contributed by atoms with Gasteiger partial charge >= 0.3 is 0 Å². The van der Waals surface area contributed by atoms with Gasteiger partial charge in [0.15, 0.2) is 0 Å². The fourth-order valence-corrected chi connectivity index (χ4v) is 5.89. The van der Waals surface area contributed by atoms with Crippen molar-refractivity contribution in [3.05, 3.63) is 142 Å². The maximum absolute atomic E-state index is 10.9. The molecule has 2 atom stereocenters. The van der Waals surface area contributed by atoms with Gasteiger partial charge in [-0.25, -0.2) is 0 Å². The highest BCUT2D eigenvalue weighted by atomic mass is 16.6. The van der Waals surface area contributed by atoms with Crippen molar-refractivity contribution in [2.45, 2.75) is 37.8 Å². The number of hydrogen-bond acceptors (Lipinski definition) is 5. The Bertz CT molecular complexity index is 1380. The molecule has 4 aromatic rings. The van der Waals surface area contributed by atoms with Gasteiger partial charge in [-0.2, -0.15) is 0 Å². The highest BCUT2D eigenvalue weighted by molar-refractivity contribution is 5.42. The molecule has 2 fully saturated rings. The zero-order valence-electron chi connectivity index (χ0n) is 22.9. The van der Waals surface area contributed by atoms with E-state index in [0.29, 0.717) is 11.8 Å². The maximum Gasteiger partial charge on any atom is 0.269 e. The van der Waals surface area contributed by atoms with Crippen LogP contribution in [0.5, 0.6) is 0 Å². The molecule has 6 rings (SSSR count). The zero-order chi connectivity index (χ0) is 27.7. The Labute approximate surface area is 237 Å². The summed E-state index contributed by atoms with van der Waals surface area (Å²) >= 11 is 0. The Kier molecular flexibility index (Phi) is 9.22. The lowest BCUT2D eigenvalue weighted by atomic mass is 9.98. The van der Waals surface area contributed by atoms with Crippen molar-refractivity contribution in [2.24, 2.45) is 0 Å². The van der Waals surface area contributed by atoms with E-state index in [1.165, 1.54) is 29.7 Å². The molecule has 2 aliphatic heterocycles. The summed E-state index contributed by atoms with van der Waals surface area (Å²) < 4.78 is 0. The van der Waals surface area contributed by atoms with Crippen LogP contribution >= 0.6 is 0 Å². The van der Waals surface area contributed by atoms with Gasteiger partial charge in [0, 0.05) is 44.0 Å². The number of nitro benzene ring substituents is 1. The monoisotopic (exact) mass is 534 g/mol. The van der Waals surface area contributed by atoms with Crippen molar-refractivity contribution in [3.63, 3.8) is 0 Å². The van der Waals surface area contributed by atoms with E-state index in [1.807, 2.05) is 18.2 Å². The SMILES string of the molecule is Nc1cccc([C@@H]2CCN(Cc3ccccc3)C2)c1.O=[N+]([O-])c1cccc([C@@H]2CCN(Cc3ccccc3)C2)c1. The third kappa shape index (κ3) is 7.56. The normalized spacial score (nSPS) is 19.2. The minimum Gasteiger partial charge on any atom is -0.399 e. The number of nitrogen functional groups attached to an aromatic ring is 1. The first-order chi connectivity index (χ1) is 19.5. The van der Waals surface area contributed by atoms with Crippen molar-refractivity contribution in [3.8, 4) is 0 Å². The van der Waals surface area contributed by atoms with Crippen molar-refractivity contribution in [2.75, 3.05) is 31.9 Å². The predicted octanol–water partition coefficient (Wildman–Crippen LogP) is 6.84. The van der Waals surface area contributed by atoms with Gasteiger partial charge in [-0.3, -0.25) is 19.9 Å². The van der Waals surface area contributed by atoms with Crippen LogP contribution in [-0.4, -0.2) is 40.9 Å². The number of nitrogens with two attached hydrogens (primary N) is 1. The number of non-ortho nitro benzene ring substituents is 1. The average molecular weight is 535 g/mol. The van der Waals surface area contributed by atoms with Gasteiger partial charge in [0.25, 0.3) is 5.69 Å². The minimum atomic E-state index is -0.319. The van der Waals surface area contributed by atoms with Gasteiger partial charge in [-0.05, 0) is 72.2 Å². The van der Waals surface area contributed by atoms with Gasteiger partial charge in [0.2, 0.25) is 0 Å². The van der Waals surface area contributed by atoms with Crippen LogP contribution in [0.2, 0.25) is 0 Å². The molecule has 4 aromatic carbocycles. The zero-order valence-corrected chi connectivity index (χ0v) is 22.9. The fourth-order valence-electron chi connectivity index (χ4n) is 5.89. The van der Waals surface area contributed by atoms with Crippen LogP contribution in [0.15, 0.2) is 109 Å². The van der Waals surface area contributed by atoms with Crippen molar-refractivity contribution in [1.82, 2.24) is 9.80 Å². The second kappa shape index (κ2) is 13.4. The molecule has 0 aromatic heterocycles. The van der Waals surface area contributed by atoms with E-state index in [4.69, 9.17) is 5.73 Å². The molecular formula is C34H38N4O2. The smallest absolute Gasteiger partial charge is 0.269 e. The van der Waals surface area contributed by atoms with Crippen LogP contribution in [0.1, 0.15) is 46.9 Å². The highest BCUT2D eigenvalue weighted by Crippen LogP contribution is 2.30. The summed E-state index contributed by atoms with van der Waals surface area (Å²) in [6, 6.07) is 36.5. The maximum atomic E-state index is 10.9. The lowest BCUT2D eigenvalue weighted by molar-refractivity contribution is -0.384. The van der Waals surface area contributed by atoms with Crippen molar-refractivity contribution in [1.29, 1.82) is 0 Å². The number of benzene rings is 4. The number of rotatable bonds is 7. The summed E-state index contributed by atoms with van der Waals surface area (Å²) in [7, 11) is 0. The first-order valence-electron chi connectivity index (χ1n) is 14.2. The van der Waals surface area contributed by atoms with Gasteiger partial charge in [0.05, 0.1) is 4.92 Å². The Morgan fingerprint density at radius 3 is 1.68 bits per heavy atom. The second-order valence-electron chi connectivity index (χ2n) is 10.9. The molecule has 0 aliphatic carbocycles. The quantitative estimate of drug-likeness (QED) is 0.160. The third-order valence-electron chi connectivity index (χ3n) is 7.98. The van der Waals surface area contributed by atoms with Crippen LogP contribution in [-0.2, 0) is 13.1 Å². The van der Waals surface area contributed by atoms with Gasteiger partial charge < -0.3 is 5.73 Å². The van der Waals surface area contributed by atoms with E-state index in [-0.39, 0.29) is 10.6 Å². The molecule has 0 amide bonds. The standard InChI is InChI=1S/C17H18N2O2.C17H20N2/c20-19(21)17-8-4-7-15(11-17)16-9-10-18(13-16)12-14-5-2-1-3-6-14;18-17-8-4-7-15(11-17)16-9-10-19(13-16)12-14-5-2-1-3-6-14/h1-8,11,16H,9-10,12-13H2;1-8,11,16H,9-10,12-13,18H2/t2*16-/m11/s1. The number of nitro groups is 1. The molecule has 0 unspecified atom stereocenters. The Balaban J connectivity index is 0.000000162. The number of likely N-dealkylation sites (tertiary alicyclic amines) is 2. The van der Waals surface area contributed by atoms with Crippen LogP contribution in [0.3, 0.4) is 0 Å². The number of anilines is 1. The Morgan fingerprint density at radius 2 is 1.18 bits per heavy atom. The van der Waals surface area contributed by atoms with Gasteiger partial charge in [-0.15, -0.1) is 0 Å². The van der Waals surface area contributed by atoms with E-state index >= 15 is 0 Å². The molecule has 0 bridgehead atoms. The van der Waals surface area contributed by atoms with Crippen LogP contribution < -0.4 is 5.73 Å². The molecule has 40 heavy (non-hydrogen) atoms. The summed E-state index contributed by atoms with van der Waals surface area (Å²) in [5, 5.41) is 10.9. The number of hydrogen-bond donors (Lipinski definition) is 1. The molecule has 206 valence electrons. The largest absolute Gasteiger partial charge is 0.399 e. The second-order valence-corrected chi connectivity index (χ2v) is 10.9. The molecule has 2 aliphatic rings. The van der Waals surface area contributed by atoms with Crippen LogP contribution in [0, 0.1) is 10.1 Å². The highest BCUT2D eigenvalue weighted by Gasteiger charge is 2.25. The lowest BCUT2D eigenvalue weighted by Crippen LogP contribution is -2.19. The summed E-state index contributed by atoms with van der Waals surface area (Å²) in [4.78, 5) is 15.5. The first-order valence-corrected chi connectivity index (χ1v) is 14.2. The molecule has 0 radical (unpaired) electrons. The van der Waals surface area contributed by atoms with E-state index < -0.39 is 0 Å². The van der Waals surface area contributed by atoms with Gasteiger partial charge in [0.1, 0.15) is 0 Å². The van der Waals surface area contributed by atoms with Crippen LogP contribution in [0.25, 0.3) is 0 Å². The van der Waals surface area contributed by atoms with Crippen molar-refractivity contribution >= 4 is 11.4 Å². The van der Waals surface area contributed by atoms with E-state index in [9.17, 15) is 10.1 Å². The molecule has 2 N–H and O–H groups in total. The molecule has 6 heteroatoms. The molecular weight excluding hydrogens is 496 g/mol. The van der Waals surface area contributed by atoms with Gasteiger partial charge in [-0.1, -0.05) is 84.9 Å². The summed E-state index contributed by atoms with van der Waals surface area (Å²) in [6.45, 7) is 6.33. The molecule has 6 nitrogen and oxygen atoms in total. The summed E-state index contributed by atoms with van der Waals surface area (Å²) in [5.74, 6) is 1.03. The molecule has 2 heterocycles. The fraction of sp³-hybridized carbons (Fsp3) is 0.294. The van der Waals surface area contributed by atoms with E-state index in [2.05, 4.69) is 82.6 Å². The summed E-state index contributed by atoms with van der Waals surface area (Å²) in [5.41, 5.74) is 12.1. The Hall–Kier alpha value is -4.00. The van der Waals surface area contributed by atoms with Crippen LogP contribution in [0.4, 0.5) is 11.4 Å². The molecule has 0 spiro atoms. The number of nitrogens with zero attached hydrogens (tertiary/aromatic N) is 3. The lowest BCUT2D eigenvalue weighted by Gasteiger charge is -2.16. The molecule has 2 saturated heterocycles. The van der Waals surface area contributed by atoms with E-state index in [0.717, 1.165) is 50.4 Å². The predicted molar refractivity (Wildman–Crippen MR) is 162 cm³/mol. The Morgan fingerprint density at radius 1 is 0.675 bits per heavy atom. The minimum absolute atomic E-state index is 0.189. The summed E-state index contributed by atoms with van der Waals surface area (Å²) in [6.07, 6.45) is 2.30. The van der Waals surface area contributed by atoms with E-state index in [1.54, 1.807) is 18.2 Å². The average Bonchev–Trinajstić information content (AvgIpc) is 3.65. The topological polar surface area (TPSA) is 75.6 Å².